The molecular formula is C32H66N9O9P3. The summed E-state index contributed by atoms with van der Waals surface area (Å²) < 4.78 is 89.6. The predicted octanol–water partition coefficient (Wildman–Crippen LogP) is 5.66. The molecule has 0 aromatic rings. The van der Waals surface area contributed by atoms with Crippen LogP contribution in [0.5, 0.6) is 0 Å². The maximum atomic E-state index is 14.0. The summed E-state index contributed by atoms with van der Waals surface area (Å²) >= 11 is 0. The minimum atomic E-state index is -4.04. The van der Waals surface area contributed by atoms with Gasteiger partial charge < -0.3 is 29.4 Å². The molecule has 21 heteroatoms. The molecule has 3 unspecified atom stereocenters. The molecule has 3 atom stereocenters. The standard InChI is InChI=1S/C32H66N9O9P3/c1-11-12-13-14-15-24-45-51(42,33-29-36(5)18-19-37(29)6)46-25-16-26-47-52(43,34-30-38(7)20-21-39(30)8)48-27-17-28-49-53(44,50-32(2,3)4)35-31-40(9)22-23-41(31)10/h11-28H2,1-10H3. The molecule has 0 aliphatic carbocycles. The first kappa shape index (κ1) is 45.6. The first-order valence-electron chi connectivity index (χ1n) is 18.7. The van der Waals surface area contributed by atoms with Gasteiger partial charge in [0.15, 0.2) is 0 Å². The molecule has 0 saturated carbocycles. The average molecular weight is 814 g/mol. The van der Waals surface area contributed by atoms with Crippen molar-refractivity contribution in [3.8, 4) is 0 Å². The van der Waals surface area contributed by atoms with E-state index in [4.69, 9.17) is 27.1 Å². The Labute approximate surface area is 318 Å². The first-order chi connectivity index (χ1) is 24.9. The van der Waals surface area contributed by atoms with E-state index in [2.05, 4.69) is 21.2 Å². The van der Waals surface area contributed by atoms with Crippen molar-refractivity contribution in [2.75, 3.05) is 115 Å². The van der Waals surface area contributed by atoms with E-state index < -0.39 is 28.8 Å². The Kier molecular flexibility index (Phi) is 18.1. The fourth-order valence-corrected chi connectivity index (χ4v) is 10.1. The highest BCUT2D eigenvalue weighted by Crippen LogP contribution is 2.55. The van der Waals surface area contributed by atoms with Crippen molar-refractivity contribution in [1.29, 1.82) is 0 Å². The Hall–Kier alpha value is -1.74. The van der Waals surface area contributed by atoms with Crippen LogP contribution in [0, 0.1) is 0 Å². The molecule has 18 nitrogen and oxygen atoms in total. The molecule has 3 heterocycles. The van der Waals surface area contributed by atoms with Crippen LogP contribution in [-0.2, 0) is 40.8 Å². The number of hydrogen-bond donors (Lipinski definition) is 0. The molecule has 3 aliphatic rings. The Bertz CT molecular complexity index is 1360. The van der Waals surface area contributed by atoms with Gasteiger partial charge in [0.1, 0.15) is 0 Å². The third-order valence-electron chi connectivity index (χ3n) is 8.48. The quantitative estimate of drug-likeness (QED) is 0.0917. The zero-order valence-electron chi connectivity index (χ0n) is 33.8. The highest BCUT2D eigenvalue weighted by Gasteiger charge is 2.35. The van der Waals surface area contributed by atoms with Crippen LogP contribution < -0.4 is 0 Å². The van der Waals surface area contributed by atoms with Gasteiger partial charge in [0.2, 0.25) is 17.9 Å². The van der Waals surface area contributed by atoms with Gasteiger partial charge in [-0.2, -0.15) is 0 Å². The number of guanidine groups is 3. The van der Waals surface area contributed by atoms with Crippen molar-refractivity contribution < 1.29 is 40.8 Å². The van der Waals surface area contributed by atoms with E-state index >= 15 is 0 Å². The molecule has 0 radical (unpaired) electrons. The largest absolute Gasteiger partial charge is 0.457 e. The lowest BCUT2D eigenvalue weighted by Gasteiger charge is -2.26. The van der Waals surface area contributed by atoms with Crippen molar-refractivity contribution in [3.63, 3.8) is 0 Å². The first-order valence-corrected chi connectivity index (χ1v) is 23.2. The third-order valence-corrected chi connectivity index (χ3v) is 13.1. The smallest absolute Gasteiger partial charge is 0.344 e. The number of unbranched alkanes of at least 4 members (excludes halogenated alkanes) is 4. The monoisotopic (exact) mass is 813 g/mol. The summed E-state index contributed by atoms with van der Waals surface area (Å²) in [5.41, 5.74) is -0.779. The Morgan fingerprint density at radius 3 is 1.08 bits per heavy atom. The average Bonchev–Trinajstić information content (AvgIpc) is 3.68. The van der Waals surface area contributed by atoms with E-state index in [1.807, 2.05) is 71.7 Å². The van der Waals surface area contributed by atoms with Gasteiger partial charge in [0, 0.05) is 81.6 Å². The molecule has 308 valence electrons. The summed E-state index contributed by atoms with van der Waals surface area (Å²) in [5, 5.41) is 0. The van der Waals surface area contributed by atoms with Crippen molar-refractivity contribution in [2.45, 2.75) is 78.2 Å². The van der Waals surface area contributed by atoms with Crippen molar-refractivity contribution in [3.05, 3.63) is 0 Å². The van der Waals surface area contributed by atoms with E-state index in [0.29, 0.717) is 31.0 Å². The summed E-state index contributed by atoms with van der Waals surface area (Å²) in [7, 11) is -0.584. The third kappa shape index (κ3) is 15.4. The molecular weight excluding hydrogens is 747 g/mol. The van der Waals surface area contributed by atoms with Crippen molar-refractivity contribution in [2.24, 2.45) is 14.3 Å². The minimum Gasteiger partial charge on any atom is -0.344 e. The summed E-state index contributed by atoms with van der Waals surface area (Å²) in [6, 6.07) is 0. The number of rotatable bonds is 23. The highest BCUT2D eigenvalue weighted by atomic mass is 31.2. The lowest BCUT2D eigenvalue weighted by Crippen LogP contribution is -2.29. The Balaban J connectivity index is 1.62. The second-order valence-corrected chi connectivity index (χ2v) is 19.5. The van der Waals surface area contributed by atoms with Gasteiger partial charge in [-0.05, 0) is 40.0 Å². The van der Waals surface area contributed by atoms with Gasteiger partial charge in [0.25, 0.3) is 0 Å². The molecule has 0 N–H and O–H groups in total. The van der Waals surface area contributed by atoms with Gasteiger partial charge in [0.05, 0.1) is 38.6 Å². The molecule has 53 heavy (non-hydrogen) atoms. The number of likely N-dealkylation sites (N-methyl/N-ethyl adjacent to an activating group) is 6. The number of nitrogens with zero attached hydrogens (tertiary/aromatic N) is 9. The van der Waals surface area contributed by atoms with Crippen LogP contribution in [0.1, 0.15) is 72.6 Å². The fraction of sp³-hybridized carbons (Fsp3) is 0.906. The van der Waals surface area contributed by atoms with Gasteiger partial charge in [-0.3, -0.25) is 27.1 Å². The molecule has 3 saturated heterocycles. The lowest BCUT2D eigenvalue weighted by atomic mass is 10.2. The van der Waals surface area contributed by atoms with E-state index in [9.17, 15) is 13.7 Å². The summed E-state index contributed by atoms with van der Waals surface area (Å²) in [4.78, 5) is 11.3. The van der Waals surface area contributed by atoms with Gasteiger partial charge in [-0.1, -0.05) is 32.6 Å². The molecule has 0 aromatic heterocycles. The van der Waals surface area contributed by atoms with Gasteiger partial charge in [-0.15, -0.1) is 14.3 Å². The molecule has 3 fully saturated rings. The van der Waals surface area contributed by atoms with Crippen LogP contribution in [-0.4, -0.2) is 167 Å². The van der Waals surface area contributed by atoms with Gasteiger partial charge >= 0.3 is 23.2 Å². The Morgan fingerprint density at radius 1 is 0.472 bits per heavy atom. The number of hydrogen-bond acceptors (Lipinski definition) is 9. The van der Waals surface area contributed by atoms with Crippen LogP contribution in [0.15, 0.2) is 14.3 Å². The second-order valence-electron chi connectivity index (χ2n) is 14.6. The zero-order chi connectivity index (χ0) is 39.3. The molecule has 0 bridgehead atoms. The maximum Gasteiger partial charge on any atom is 0.457 e. The second kappa shape index (κ2) is 21.0. The highest BCUT2D eigenvalue weighted by molar-refractivity contribution is 7.53. The maximum absolute atomic E-state index is 14.0. The fourth-order valence-electron chi connectivity index (χ4n) is 5.50. The molecule has 0 amide bonds. The zero-order valence-corrected chi connectivity index (χ0v) is 36.5. The van der Waals surface area contributed by atoms with E-state index in [1.54, 1.807) is 20.8 Å². The molecule has 0 spiro atoms. The Morgan fingerprint density at radius 2 is 0.755 bits per heavy atom. The molecule has 3 rings (SSSR count). The van der Waals surface area contributed by atoms with E-state index in [1.165, 1.54) is 0 Å². The van der Waals surface area contributed by atoms with Crippen molar-refractivity contribution in [1.82, 2.24) is 29.4 Å². The van der Waals surface area contributed by atoms with Crippen LogP contribution in [0.4, 0.5) is 0 Å². The van der Waals surface area contributed by atoms with Crippen molar-refractivity contribution >= 4 is 41.1 Å². The normalized spacial score (nSPS) is 20.4. The SMILES string of the molecule is CCCCCCCOP(=O)(N=C1N(C)CCN1C)OCCCOP(=O)(N=C1N(C)CCN1C)OCCCOP(=O)(N=C1N(C)CCN1C)OC(C)(C)C. The molecule has 0 aromatic carbocycles. The van der Waals surface area contributed by atoms with E-state index in [-0.39, 0.29) is 45.9 Å². The summed E-state index contributed by atoms with van der Waals surface area (Å²) in [6.45, 7) is 12.0. The van der Waals surface area contributed by atoms with Crippen LogP contribution in [0.3, 0.4) is 0 Å². The predicted molar refractivity (Wildman–Crippen MR) is 209 cm³/mol. The van der Waals surface area contributed by atoms with Crippen LogP contribution in [0.2, 0.25) is 0 Å². The van der Waals surface area contributed by atoms with Crippen LogP contribution in [0.25, 0.3) is 0 Å². The lowest BCUT2D eigenvalue weighted by molar-refractivity contribution is 0.0917. The minimum absolute atomic E-state index is 0.0164. The summed E-state index contributed by atoms with van der Waals surface area (Å²) in [5.74, 6) is 1.54. The summed E-state index contributed by atoms with van der Waals surface area (Å²) in [6.07, 6.45) is 5.53. The molecule has 3 aliphatic heterocycles. The van der Waals surface area contributed by atoms with Gasteiger partial charge in [-0.25, -0.2) is 13.7 Å². The topological polar surface area (TPSA) is 163 Å². The van der Waals surface area contributed by atoms with Crippen LogP contribution >= 0.6 is 23.2 Å². The van der Waals surface area contributed by atoms with E-state index in [0.717, 1.165) is 58.3 Å².